The Hall–Kier alpha value is -1.42. The van der Waals surface area contributed by atoms with Gasteiger partial charge in [0, 0.05) is 18.8 Å². The van der Waals surface area contributed by atoms with Crippen LogP contribution in [0.2, 0.25) is 0 Å². The average Bonchev–Trinajstić information content (AvgIpc) is 3.19. The first kappa shape index (κ1) is 13.0. The van der Waals surface area contributed by atoms with Crippen molar-refractivity contribution in [3.05, 3.63) is 29.6 Å². The molecule has 1 saturated carbocycles. The highest BCUT2D eigenvalue weighted by Crippen LogP contribution is 2.28. The summed E-state index contributed by atoms with van der Waals surface area (Å²) in [6, 6.07) is 4.69. The highest BCUT2D eigenvalue weighted by molar-refractivity contribution is 5.94. The molecular weight excluding hydrogens is 224 g/mol. The smallest absolute Gasteiger partial charge is 0.142 e. The van der Waals surface area contributed by atoms with Crippen molar-refractivity contribution in [1.82, 2.24) is 9.88 Å². The van der Waals surface area contributed by atoms with Crippen molar-refractivity contribution in [3.63, 3.8) is 0 Å². The summed E-state index contributed by atoms with van der Waals surface area (Å²) in [4.78, 5) is 6.72. The van der Waals surface area contributed by atoms with E-state index in [1.807, 2.05) is 12.1 Å². The van der Waals surface area contributed by atoms with Crippen LogP contribution in [0.4, 0.5) is 0 Å². The molecule has 3 N–H and O–H groups in total. The van der Waals surface area contributed by atoms with Gasteiger partial charge in [0.2, 0.25) is 0 Å². The van der Waals surface area contributed by atoms with Gasteiger partial charge in [0.15, 0.2) is 0 Å². The van der Waals surface area contributed by atoms with Gasteiger partial charge in [-0.15, -0.1) is 0 Å². The van der Waals surface area contributed by atoms with Crippen LogP contribution in [0, 0.1) is 5.41 Å². The molecule has 2 rings (SSSR count). The zero-order chi connectivity index (χ0) is 13.0. The number of unbranched alkanes of at least 4 members (excludes halogenated alkanes) is 1. The lowest BCUT2D eigenvalue weighted by Gasteiger charge is -2.22. The van der Waals surface area contributed by atoms with Crippen molar-refractivity contribution in [1.29, 1.82) is 5.41 Å². The molecular formula is C14H22N4. The van der Waals surface area contributed by atoms with Gasteiger partial charge < -0.3 is 5.73 Å². The first-order valence-electron chi connectivity index (χ1n) is 6.74. The summed E-state index contributed by atoms with van der Waals surface area (Å²) in [5.41, 5.74) is 7.30. The summed E-state index contributed by atoms with van der Waals surface area (Å²) in [7, 11) is 0. The van der Waals surface area contributed by atoms with Crippen molar-refractivity contribution in [2.75, 3.05) is 6.54 Å². The minimum Gasteiger partial charge on any atom is -0.382 e. The Kier molecular flexibility index (Phi) is 4.31. The number of amidine groups is 1. The molecule has 4 heteroatoms. The number of aromatic nitrogens is 1. The number of pyridine rings is 1. The van der Waals surface area contributed by atoms with E-state index >= 15 is 0 Å². The molecule has 0 aliphatic heterocycles. The monoisotopic (exact) mass is 246 g/mol. The molecule has 18 heavy (non-hydrogen) atoms. The molecule has 1 aliphatic rings. The maximum absolute atomic E-state index is 7.58. The average molecular weight is 246 g/mol. The second-order valence-corrected chi connectivity index (χ2v) is 4.98. The zero-order valence-corrected chi connectivity index (χ0v) is 11.0. The SMILES string of the molecule is CCCCN(Cc1cccnc1C(=N)N)C1CC1. The molecule has 0 saturated heterocycles. The fourth-order valence-corrected chi connectivity index (χ4v) is 2.22. The number of rotatable bonds is 7. The summed E-state index contributed by atoms with van der Waals surface area (Å²) in [6.45, 7) is 4.22. The molecule has 1 aromatic heterocycles. The highest BCUT2D eigenvalue weighted by Gasteiger charge is 2.28. The van der Waals surface area contributed by atoms with Gasteiger partial charge in [-0.25, -0.2) is 0 Å². The van der Waals surface area contributed by atoms with E-state index in [1.165, 1.54) is 25.7 Å². The van der Waals surface area contributed by atoms with E-state index < -0.39 is 0 Å². The van der Waals surface area contributed by atoms with E-state index in [0.29, 0.717) is 5.69 Å². The molecule has 0 atom stereocenters. The Balaban J connectivity index is 2.08. The fourth-order valence-electron chi connectivity index (χ4n) is 2.22. The minimum atomic E-state index is 0.0665. The third-order valence-corrected chi connectivity index (χ3v) is 3.38. The van der Waals surface area contributed by atoms with E-state index in [4.69, 9.17) is 11.1 Å². The lowest BCUT2D eigenvalue weighted by Crippen LogP contribution is -2.28. The topological polar surface area (TPSA) is 66.0 Å². The van der Waals surface area contributed by atoms with Crippen LogP contribution in [0.1, 0.15) is 43.9 Å². The summed E-state index contributed by atoms with van der Waals surface area (Å²) >= 11 is 0. The number of hydrogen-bond acceptors (Lipinski definition) is 3. The van der Waals surface area contributed by atoms with E-state index in [0.717, 1.165) is 24.7 Å². The predicted octanol–water partition coefficient (Wildman–Crippen LogP) is 2.13. The van der Waals surface area contributed by atoms with Crippen molar-refractivity contribution in [3.8, 4) is 0 Å². The largest absolute Gasteiger partial charge is 0.382 e. The molecule has 1 aliphatic carbocycles. The molecule has 0 spiro atoms. The summed E-state index contributed by atoms with van der Waals surface area (Å²) in [6.07, 6.45) is 6.76. The Morgan fingerprint density at radius 1 is 1.56 bits per heavy atom. The Labute approximate surface area is 109 Å². The third-order valence-electron chi connectivity index (χ3n) is 3.38. The molecule has 1 fully saturated rings. The van der Waals surface area contributed by atoms with Crippen LogP contribution >= 0.6 is 0 Å². The molecule has 1 aromatic rings. The summed E-state index contributed by atoms with van der Waals surface area (Å²) in [5.74, 6) is 0.0665. The number of nitrogen functional groups attached to an aromatic ring is 1. The maximum atomic E-state index is 7.58. The van der Waals surface area contributed by atoms with Gasteiger partial charge in [-0.05, 0) is 37.4 Å². The van der Waals surface area contributed by atoms with Crippen molar-refractivity contribution in [2.45, 2.75) is 45.2 Å². The Morgan fingerprint density at radius 3 is 2.94 bits per heavy atom. The third kappa shape index (κ3) is 3.29. The quantitative estimate of drug-likeness (QED) is 0.572. The van der Waals surface area contributed by atoms with Crippen molar-refractivity contribution in [2.24, 2.45) is 5.73 Å². The van der Waals surface area contributed by atoms with Gasteiger partial charge >= 0.3 is 0 Å². The minimum absolute atomic E-state index is 0.0665. The number of hydrogen-bond donors (Lipinski definition) is 2. The summed E-state index contributed by atoms with van der Waals surface area (Å²) < 4.78 is 0. The first-order valence-corrected chi connectivity index (χ1v) is 6.74. The van der Waals surface area contributed by atoms with Crippen LogP contribution in [0.15, 0.2) is 18.3 Å². The molecule has 98 valence electrons. The zero-order valence-electron chi connectivity index (χ0n) is 11.0. The Bertz CT molecular complexity index is 412. The molecule has 0 unspecified atom stereocenters. The van der Waals surface area contributed by atoms with Crippen LogP contribution < -0.4 is 5.73 Å². The fraction of sp³-hybridized carbons (Fsp3) is 0.571. The van der Waals surface area contributed by atoms with Crippen LogP contribution in [-0.4, -0.2) is 28.3 Å². The second-order valence-electron chi connectivity index (χ2n) is 4.98. The van der Waals surface area contributed by atoms with E-state index in [2.05, 4.69) is 16.8 Å². The Morgan fingerprint density at radius 2 is 2.33 bits per heavy atom. The molecule has 0 amide bonds. The second kappa shape index (κ2) is 5.96. The molecule has 0 radical (unpaired) electrons. The standard InChI is InChI=1S/C14H22N4/c1-2-3-9-18(12-6-7-12)10-11-5-4-8-17-13(11)14(15)16/h4-5,8,12H,2-3,6-7,9-10H2,1H3,(H3,15,16). The molecule has 0 bridgehead atoms. The van der Waals surface area contributed by atoms with E-state index in [9.17, 15) is 0 Å². The van der Waals surface area contributed by atoms with Gasteiger partial charge in [0.05, 0.1) is 0 Å². The summed E-state index contributed by atoms with van der Waals surface area (Å²) in [5, 5.41) is 7.58. The van der Waals surface area contributed by atoms with Crippen LogP contribution in [0.3, 0.4) is 0 Å². The lowest BCUT2D eigenvalue weighted by atomic mass is 10.1. The van der Waals surface area contributed by atoms with Gasteiger partial charge in [-0.1, -0.05) is 19.4 Å². The predicted molar refractivity (Wildman–Crippen MR) is 73.6 cm³/mol. The van der Waals surface area contributed by atoms with Gasteiger partial charge in [0.1, 0.15) is 11.5 Å². The lowest BCUT2D eigenvalue weighted by molar-refractivity contribution is 0.250. The van der Waals surface area contributed by atoms with Gasteiger partial charge in [0.25, 0.3) is 0 Å². The number of nitrogens with zero attached hydrogens (tertiary/aromatic N) is 2. The van der Waals surface area contributed by atoms with Gasteiger partial charge in [-0.3, -0.25) is 15.3 Å². The molecule has 4 nitrogen and oxygen atoms in total. The van der Waals surface area contributed by atoms with Gasteiger partial charge in [-0.2, -0.15) is 0 Å². The van der Waals surface area contributed by atoms with Crippen molar-refractivity contribution < 1.29 is 0 Å². The molecule has 0 aromatic carbocycles. The van der Waals surface area contributed by atoms with Crippen molar-refractivity contribution >= 4 is 5.84 Å². The maximum Gasteiger partial charge on any atom is 0.142 e. The van der Waals surface area contributed by atoms with E-state index in [1.54, 1.807) is 6.20 Å². The van der Waals surface area contributed by atoms with E-state index in [-0.39, 0.29) is 5.84 Å². The van der Waals surface area contributed by atoms with Crippen LogP contribution in [-0.2, 0) is 6.54 Å². The first-order chi connectivity index (χ1) is 8.72. The normalized spacial score (nSPS) is 15.0. The molecule has 1 heterocycles. The highest BCUT2D eigenvalue weighted by atomic mass is 15.2. The number of nitrogens with one attached hydrogen (secondary N) is 1. The van der Waals surface area contributed by atoms with Crippen LogP contribution in [0.25, 0.3) is 0 Å². The van der Waals surface area contributed by atoms with Crippen LogP contribution in [0.5, 0.6) is 0 Å². The number of nitrogens with two attached hydrogens (primary N) is 1.